The molecule has 0 fully saturated rings. The molecule has 0 aliphatic carbocycles. The van der Waals surface area contributed by atoms with Gasteiger partial charge in [0, 0.05) is 50.5 Å². The number of anilines is 1. The smallest absolute Gasteiger partial charge is 0.407 e. The predicted octanol–water partition coefficient (Wildman–Crippen LogP) is 4.69. The van der Waals surface area contributed by atoms with Gasteiger partial charge in [-0.05, 0) is 66.6 Å². The molecule has 0 aliphatic heterocycles. The van der Waals surface area contributed by atoms with E-state index in [1.807, 2.05) is 6.07 Å². The largest absolute Gasteiger partial charge is 0.465 e. The molecule has 226 valence electrons. The highest BCUT2D eigenvalue weighted by atomic mass is 19.1. The predicted molar refractivity (Wildman–Crippen MR) is 161 cm³/mol. The fourth-order valence-electron chi connectivity index (χ4n) is 4.65. The highest BCUT2D eigenvalue weighted by Crippen LogP contribution is 2.28. The molecule has 0 radical (unpaired) electrons. The lowest BCUT2D eigenvalue weighted by atomic mass is 9.87. The molecular weight excluding hydrogens is 541 g/mol. The molecule has 10 nitrogen and oxygen atoms in total. The van der Waals surface area contributed by atoms with Crippen molar-refractivity contribution in [2.75, 3.05) is 33.0 Å². The maximum Gasteiger partial charge on any atom is 0.407 e. The van der Waals surface area contributed by atoms with Crippen molar-refractivity contribution in [3.63, 3.8) is 0 Å². The maximum atomic E-state index is 14.3. The van der Waals surface area contributed by atoms with E-state index in [9.17, 15) is 28.7 Å². The van der Waals surface area contributed by atoms with Gasteiger partial charge in [-0.2, -0.15) is 0 Å². The minimum absolute atomic E-state index is 0.0491. The molecule has 3 aromatic rings. The van der Waals surface area contributed by atoms with Crippen LogP contribution in [0.15, 0.2) is 53.5 Å². The van der Waals surface area contributed by atoms with Crippen LogP contribution in [0.4, 0.5) is 14.9 Å². The number of aromatic nitrogens is 2. The van der Waals surface area contributed by atoms with Crippen molar-refractivity contribution >= 4 is 34.5 Å². The van der Waals surface area contributed by atoms with E-state index in [1.165, 1.54) is 40.8 Å². The van der Waals surface area contributed by atoms with Gasteiger partial charge in [0.25, 0.3) is 5.56 Å². The standard InChI is InChI=1S/C31H40FN5O5/c1-31(2,3)17-22-15-23(32)14-21-16-24(33-27(21)22)19-37-13-9-11-25(29(37)40)34-28(39)20(18-36(6)30(41)42)10-7-8-12-26(38)35(4)5/h8-9,11-16,20,33H,7,10,17-19H2,1-6H3,(H,34,39)(H,41,42)/b12-8+/t20-/m0/s1. The Hall–Kier alpha value is -4.41. The summed E-state index contributed by atoms with van der Waals surface area (Å²) in [5.41, 5.74) is 1.95. The summed E-state index contributed by atoms with van der Waals surface area (Å²) >= 11 is 0. The Morgan fingerprint density at radius 3 is 2.52 bits per heavy atom. The second-order valence-electron chi connectivity index (χ2n) is 12.0. The highest BCUT2D eigenvalue weighted by molar-refractivity contribution is 5.93. The Labute approximate surface area is 244 Å². The van der Waals surface area contributed by atoms with Crippen LogP contribution in [-0.2, 0) is 22.6 Å². The summed E-state index contributed by atoms with van der Waals surface area (Å²) in [4.78, 5) is 55.5. The van der Waals surface area contributed by atoms with Crippen molar-refractivity contribution in [3.8, 4) is 0 Å². The van der Waals surface area contributed by atoms with Crippen LogP contribution in [0.2, 0.25) is 0 Å². The zero-order valence-corrected chi connectivity index (χ0v) is 25.0. The number of hydrogen-bond donors (Lipinski definition) is 3. The Morgan fingerprint density at radius 1 is 1.17 bits per heavy atom. The third-order valence-corrected chi connectivity index (χ3v) is 6.74. The zero-order valence-electron chi connectivity index (χ0n) is 25.0. The molecule has 2 heterocycles. The quantitative estimate of drug-likeness (QED) is 0.283. The lowest BCUT2D eigenvalue weighted by Crippen LogP contribution is -2.37. The third-order valence-electron chi connectivity index (χ3n) is 6.74. The number of fused-ring (bicyclic) bond motifs is 1. The Morgan fingerprint density at radius 2 is 1.88 bits per heavy atom. The fraction of sp³-hybridized carbons (Fsp3) is 0.419. The van der Waals surface area contributed by atoms with E-state index < -0.39 is 23.5 Å². The van der Waals surface area contributed by atoms with Crippen LogP contribution < -0.4 is 10.9 Å². The van der Waals surface area contributed by atoms with Crippen LogP contribution >= 0.6 is 0 Å². The number of carbonyl (C=O) groups is 3. The van der Waals surface area contributed by atoms with Crippen LogP contribution in [0.3, 0.4) is 0 Å². The number of aromatic amines is 1. The molecule has 1 atom stereocenters. The van der Waals surface area contributed by atoms with Crippen molar-refractivity contribution in [1.82, 2.24) is 19.4 Å². The number of nitrogens with one attached hydrogen (secondary N) is 2. The Kier molecular flexibility index (Phi) is 10.3. The van der Waals surface area contributed by atoms with Gasteiger partial charge in [0.05, 0.1) is 12.5 Å². The summed E-state index contributed by atoms with van der Waals surface area (Å²) in [7, 11) is 4.61. The van der Waals surface area contributed by atoms with Crippen molar-refractivity contribution in [2.24, 2.45) is 11.3 Å². The van der Waals surface area contributed by atoms with Crippen LogP contribution in [0.25, 0.3) is 10.9 Å². The number of halogens is 1. The summed E-state index contributed by atoms with van der Waals surface area (Å²) in [5.74, 6) is -1.78. The number of allylic oxidation sites excluding steroid dienone is 1. The van der Waals surface area contributed by atoms with Gasteiger partial charge >= 0.3 is 6.09 Å². The van der Waals surface area contributed by atoms with Gasteiger partial charge in [-0.15, -0.1) is 0 Å². The molecule has 1 aromatic carbocycles. The second-order valence-corrected chi connectivity index (χ2v) is 12.0. The van der Waals surface area contributed by atoms with Gasteiger partial charge in [0.15, 0.2) is 0 Å². The van der Waals surface area contributed by atoms with Crippen LogP contribution in [0, 0.1) is 17.2 Å². The van der Waals surface area contributed by atoms with Crippen molar-refractivity contribution < 1.29 is 23.9 Å². The van der Waals surface area contributed by atoms with E-state index in [0.717, 1.165) is 16.0 Å². The molecule has 3 amide bonds. The highest BCUT2D eigenvalue weighted by Gasteiger charge is 2.23. The minimum Gasteiger partial charge on any atom is -0.465 e. The summed E-state index contributed by atoms with van der Waals surface area (Å²) < 4.78 is 15.8. The normalized spacial score (nSPS) is 12.5. The van der Waals surface area contributed by atoms with Crippen LogP contribution in [0.1, 0.15) is 44.9 Å². The molecular formula is C31H40FN5O5. The van der Waals surface area contributed by atoms with E-state index in [4.69, 9.17) is 0 Å². The first kappa shape index (κ1) is 32.1. The van der Waals surface area contributed by atoms with E-state index in [-0.39, 0.29) is 42.3 Å². The molecule has 0 spiro atoms. The van der Waals surface area contributed by atoms with Crippen LogP contribution in [0.5, 0.6) is 0 Å². The van der Waals surface area contributed by atoms with Gasteiger partial charge in [-0.25, -0.2) is 9.18 Å². The van der Waals surface area contributed by atoms with Gasteiger partial charge in [0.1, 0.15) is 11.5 Å². The number of nitrogens with zero attached hydrogens (tertiary/aromatic N) is 3. The average molecular weight is 582 g/mol. The van der Waals surface area contributed by atoms with Gasteiger partial charge < -0.3 is 29.8 Å². The number of benzene rings is 1. The fourth-order valence-corrected chi connectivity index (χ4v) is 4.65. The number of carbonyl (C=O) groups excluding carboxylic acids is 2. The molecule has 2 aromatic heterocycles. The first-order chi connectivity index (χ1) is 19.6. The SMILES string of the molecule is CN(C)C(=O)/C=C/CC[C@@H](CN(C)C(=O)O)C(=O)Nc1cccn(Cc2cc3cc(F)cc(CC(C)(C)C)c3[nH]2)c1=O. The zero-order chi connectivity index (χ0) is 31.2. The van der Waals surface area contributed by atoms with E-state index in [1.54, 1.807) is 32.4 Å². The molecule has 42 heavy (non-hydrogen) atoms. The lowest BCUT2D eigenvalue weighted by molar-refractivity contribution is -0.123. The molecule has 11 heteroatoms. The number of H-pyrrole nitrogens is 1. The van der Waals surface area contributed by atoms with Crippen molar-refractivity contribution in [2.45, 2.75) is 46.6 Å². The molecule has 0 saturated heterocycles. The lowest BCUT2D eigenvalue weighted by Gasteiger charge is -2.21. The van der Waals surface area contributed by atoms with Gasteiger partial charge in [-0.3, -0.25) is 14.4 Å². The second kappa shape index (κ2) is 13.5. The number of likely N-dealkylation sites (N-methyl/N-ethyl adjacent to an activating group) is 1. The number of hydrogen-bond acceptors (Lipinski definition) is 4. The van der Waals surface area contributed by atoms with Gasteiger partial charge in [0.2, 0.25) is 11.8 Å². The third kappa shape index (κ3) is 8.79. The Balaban J connectivity index is 1.80. The number of rotatable bonds is 11. The minimum atomic E-state index is -1.18. The van der Waals surface area contributed by atoms with Gasteiger partial charge in [-0.1, -0.05) is 26.8 Å². The van der Waals surface area contributed by atoms with Crippen molar-refractivity contribution in [3.05, 3.63) is 76.1 Å². The Bertz CT molecular complexity index is 1530. The number of carboxylic acid groups (broad SMARTS) is 1. The average Bonchev–Trinajstić information content (AvgIpc) is 3.29. The molecule has 0 aliphatic rings. The molecule has 0 saturated carbocycles. The van der Waals surface area contributed by atoms with Crippen molar-refractivity contribution in [1.29, 1.82) is 0 Å². The van der Waals surface area contributed by atoms with E-state index in [0.29, 0.717) is 23.9 Å². The van der Waals surface area contributed by atoms with Crippen LogP contribution in [-0.4, -0.2) is 70.1 Å². The first-order valence-corrected chi connectivity index (χ1v) is 13.8. The first-order valence-electron chi connectivity index (χ1n) is 13.8. The number of pyridine rings is 1. The summed E-state index contributed by atoms with van der Waals surface area (Å²) in [6.45, 7) is 6.34. The molecule has 0 unspecified atom stereocenters. The molecule has 3 rings (SSSR count). The monoisotopic (exact) mass is 581 g/mol. The summed E-state index contributed by atoms with van der Waals surface area (Å²) in [6.07, 6.45) is 4.75. The number of amides is 3. The van der Waals surface area contributed by atoms with E-state index >= 15 is 0 Å². The maximum absolute atomic E-state index is 14.3. The topological polar surface area (TPSA) is 128 Å². The summed E-state index contributed by atoms with van der Waals surface area (Å²) in [5, 5.41) is 12.7. The summed E-state index contributed by atoms with van der Waals surface area (Å²) in [6, 6.07) is 7.93. The van der Waals surface area contributed by atoms with E-state index in [2.05, 4.69) is 31.1 Å². The molecule has 3 N–H and O–H groups in total. The molecule has 0 bridgehead atoms.